The first-order valence-corrected chi connectivity index (χ1v) is 5.16. The summed E-state index contributed by atoms with van der Waals surface area (Å²) in [5.41, 5.74) is -1.04. The maximum absolute atomic E-state index is 13.6. The minimum atomic E-state index is -2.21. The van der Waals surface area contributed by atoms with E-state index in [2.05, 4.69) is 0 Å². The molecule has 0 aliphatic carbocycles. The molecule has 0 atom stereocenters. The van der Waals surface area contributed by atoms with Gasteiger partial charge in [0.05, 0.1) is 5.56 Å². The Morgan fingerprint density at radius 2 is 1.26 bits per heavy atom. The van der Waals surface area contributed by atoms with Gasteiger partial charge in [0.25, 0.3) is 0 Å². The number of hydrogen-bond donors (Lipinski definition) is 1. The lowest BCUT2D eigenvalue weighted by Crippen LogP contribution is -2.04. The summed E-state index contributed by atoms with van der Waals surface area (Å²) in [6.45, 7) is 1.42. The Kier molecular flexibility index (Phi) is 3.18. The van der Waals surface area contributed by atoms with E-state index in [1.807, 2.05) is 0 Å². The number of phenolic OH excluding ortho intramolecular Hbond substituents is 1. The molecule has 19 heavy (non-hydrogen) atoms. The SMILES string of the molecule is Cc1ccc(O)cc1-c1c(F)c(F)c(F)c(F)c1F. The lowest BCUT2D eigenvalue weighted by Gasteiger charge is -2.11. The van der Waals surface area contributed by atoms with Crippen molar-refractivity contribution >= 4 is 0 Å². The number of aromatic hydroxyl groups is 1. The van der Waals surface area contributed by atoms with E-state index in [4.69, 9.17) is 0 Å². The van der Waals surface area contributed by atoms with E-state index in [0.717, 1.165) is 6.07 Å². The topological polar surface area (TPSA) is 20.2 Å². The van der Waals surface area contributed by atoms with Crippen molar-refractivity contribution in [3.8, 4) is 16.9 Å². The molecule has 0 fully saturated rings. The first-order chi connectivity index (χ1) is 8.84. The Bertz CT molecular complexity index is 638. The van der Waals surface area contributed by atoms with Crippen molar-refractivity contribution in [2.75, 3.05) is 0 Å². The van der Waals surface area contributed by atoms with Crippen LogP contribution in [0.25, 0.3) is 11.1 Å². The zero-order valence-electron chi connectivity index (χ0n) is 9.57. The van der Waals surface area contributed by atoms with Gasteiger partial charge < -0.3 is 5.11 Å². The van der Waals surface area contributed by atoms with E-state index in [1.54, 1.807) is 0 Å². The summed E-state index contributed by atoms with van der Waals surface area (Å²) in [5, 5.41) is 9.27. The van der Waals surface area contributed by atoms with Crippen LogP contribution in [0.3, 0.4) is 0 Å². The van der Waals surface area contributed by atoms with Crippen LogP contribution >= 0.6 is 0 Å². The van der Waals surface area contributed by atoms with Gasteiger partial charge in [-0.05, 0) is 30.2 Å². The fraction of sp³-hybridized carbons (Fsp3) is 0.0769. The number of benzene rings is 2. The van der Waals surface area contributed by atoms with Gasteiger partial charge in [0.1, 0.15) is 5.75 Å². The Morgan fingerprint density at radius 3 is 1.79 bits per heavy atom. The van der Waals surface area contributed by atoms with Gasteiger partial charge in [0.15, 0.2) is 23.3 Å². The van der Waals surface area contributed by atoms with Crippen LogP contribution in [-0.4, -0.2) is 5.11 Å². The molecular weight excluding hydrogens is 267 g/mol. The van der Waals surface area contributed by atoms with Crippen LogP contribution in [0.4, 0.5) is 22.0 Å². The van der Waals surface area contributed by atoms with Crippen LogP contribution in [0.2, 0.25) is 0 Å². The number of rotatable bonds is 1. The Balaban J connectivity index is 2.87. The smallest absolute Gasteiger partial charge is 0.200 e. The highest BCUT2D eigenvalue weighted by Gasteiger charge is 2.27. The third-order valence-electron chi connectivity index (χ3n) is 2.70. The molecule has 0 radical (unpaired) electrons. The van der Waals surface area contributed by atoms with Crippen LogP contribution in [0.1, 0.15) is 5.56 Å². The molecule has 0 bridgehead atoms. The number of hydrogen-bond acceptors (Lipinski definition) is 1. The van der Waals surface area contributed by atoms with Crippen molar-refractivity contribution in [3.05, 3.63) is 52.8 Å². The monoisotopic (exact) mass is 274 g/mol. The summed E-state index contributed by atoms with van der Waals surface area (Å²) in [5.74, 6) is -10.4. The molecule has 6 heteroatoms. The van der Waals surface area contributed by atoms with Gasteiger partial charge in [-0.25, -0.2) is 22.0 Å². The summed E-state index contributed by atoms with van der Waals surface area (Å²) >= 11 is 0. The van der Waals surface area contributed by atoms with Gasteiger partial charge in [-0.15, -0.1) is 0 Å². The molecule has 0 saturated carbocycles. The molecule has 2 aromatic rings. The lowest BCUT2D eigenvalue weighted by atomic mass is 9.98. The average Bonchev–Trinajstić information content (AvgIpc) is 2.38. The largest absolute Gasteiger partial charge is 0.508 e. The molecule has 0 amide bonds. The second kappa shape index (κ2) is 4.53. The van der Waals surface area contributed by atoms with Gasteiger partial charge in [-0.1, -0.05) is 6.07 Å². The molecular formula is C13H7F5O. The molecule has 0 unspecified atom stereocenters. The highest BCUT2D eigenvalue weighted by atomic mass is 19.2. The molecule has 1 N–H and O–H groups in total. The Labute approximate surface area is 104 Å². The number of aryl methyl sites for hydroxylation is 1. The number of phenols is 1. The summed E-state index contributed by atoms with van der Waals surface area (Å²) in [7, 11) is 0. The van der Waals surface area contributed by atoms with Crippen molar-refractivity contribution in [1.29, 1.82) is 0 Å². The highest BCUT2D eigenvalue weighted by Crippen LogP contribution is 2.34. The van der Waals surface area contributed by atoms with Gasteiger partial charge in [-0.3, -0.25) is 0 Å². The Hall–Kier alpha value is -2.11. The van der Waals surface area contributed by atoms with Crippen LogP contribution < -0.4 is 0 Å². The van der Waals surface area contributed by atoms with Gasteiger partial charge >= 0.3 is 0 Å². The maximum Gasteiger partial charge on any atom is 0.200 e. The van der Waals surface area contributed by atoms with E-state index in [1.165, 1.54) is 19.1 Å². The standard InChI is InChI=1S/C13H7F5O/c1-5-2-3-6(19)4-7(5)8-9(14)11(16)13(18)12(17)10(8)15/h2-4,19H,1H3. The first-order valence-electron chi connectivity index (χ1n) is 5.16. The maximum atomic E-state index is 13.6. The normalized spacial score (nSPS) is 10.8. The van der Waals surface area contributed by atoms with Crippen molar-refractivity contribution in [3.63, 3.8) is 0 Å². The third kappa shape index (κ3) is 2.03. The number of halogens is 5. The summed E-state index contributed by atoms with van der Waals surface area (Å²) in [6, 6.07) is 3.49. The molecule has 0 spiro atoms. The molecule has 2 rings (SSSR count). The van der Waals surface area contributed by atoms with Gasteiger partial charge in [0.2, 0.25) is 5.82 Å². The minimum Gasteiger partial charge on any atom is -0.508 e. The zero-order valence-corrected chi connectivity index (χ0v) is 9.57. The van der Waals surface area contributed by atoms with E-state index in [-0.39, 0.29) is 16.9 Å². The van der Waals surface area contributed by atoms with Gasteiger partial charge in [0, 0.05) is 0 Å². The van der Waals surface area contributed by atoms with Crippen LogP contribution in [0.5, 0.6) is 5.75 Å². The quantitative estimate of drug-likeness (QED) is 0.472. The molecule has 1 nitrogen and oxygen atoms in total. The van der Waals surface area contributed by atoms with Crippen molar-refractivity contribution in [2.24, 2.45) is 0 Å². The van der Waals surface area contributed by atoms with Crippen molar-refractivity contribution in [2.45, 2.75) is 6.92 Å². The van der Waals surface area contributed by atoms with E-state index < -0.39 is 34.6 Å². The van der Waals surface area contributed by atoms with Crippen LogP contribution in [0.15, 0.2) is 18.2 Å². The van der Waals surface area contributed by atoms with E-state index >= 15 is 0 Å². The van der Waals surface area contributed by atoms with E-state index in [0.29, 0.717) is 0 Å². The van der Waals surface area contributed by atoms with Crippen LogP contribution in [-0.2, 0) is 0 Å². The molecule has 100 valence electrons. The van der Waals surface area contributed by atoms with Crippen molar-refractivity contribution in [1.82, 2.24) is 0 Å². The Morgan fingerprint density at radius 1 is 0.789 bits per heavy atom. The van der Waals surface area contributed by atoms with Crippen molar-refractivity contribution < 1.29 is 27.1 Å². The lowest BCUT2D eigenvalue weighted by molar-refractivity contribution is 0.381. The fourth-order valence-corrected chi connectivity index (χ4v) is 1.72. The second-order valence-corrected chi connectivity index (χ2v) is 3.94. The van der Waals surface area contributed by atoms with E-state index in [9.17, 15) is 27.1 Å². The molecule has 0 aliphatic rings. The van der Waals surface area contributed by atoms with Crippen LogP contribution in [0, 0.1) is 36.0 Å². The first kappa shape index (κ1) is 13.3. The second-order valence-electron chi connectivity index (χ2n) is 3.94. The predicted octanol–water partition coefficient (Wildman–Crippen LogP) is 4.06. The molecule has 0 heterocycles. The third-order valence-corrected chi connectivity index (χ3v) is 2.70. The fourth-order valence-electron chi connectivity index (χ4n) is 1.72. The average molecular weight is 274 g/mol. The molecule has 0 aromatic heterocycles. The predicted molar refractivity (Wildman–Crippen MR) is 58.1 cm³/mol. The minimum absolute atomic E-state index is 0.257. The summed E-state index contributed by atoms with van der Waals surface area (Å²) in [4.78, 5) is 0. The molecule has 0 saturated heterocycles. The van der Waals surface area contributed by atoms with Gasteiger partial charge in [-0.2, -0.15) is 0 Å². The summed E-state index contributed by atoms with van der Waals surface area (Å²) in [6.07, 6.45) is 0. The zero-order chi connectivity index (χ0) is 14.3. The molecule has 0 aliphatic heterocycles. The molecule has 2 aromatic carbocycles. The highest BCUT2D eigenvalue weighted by molar-refractivity contribution is 5.70. The summed E-state index contributed by atoms with van der Waals surface area (Å²) < 4.78 is 66.3.